The lowest BCUT2D eigenvalue weighted by Gasteiger charge is -2.04. The van der Waals surface area contributed by atoms with Gasteiger partial charge in [0.05, 0.1) is 25.2 Å². The predicted molar refractivity (Wildman–Crippen MR) is 53.2 cm³/mol. The van der Waals surface area contributed by atoms with Crippen molar-refractivity contribution in [3.05, 3.63) is 23.5 Å². The van der Waals surface area contributed by atoms with E-state index >= 15 is 0 Å². The molecule has 0 aliphatic carbocycles. The van der Waals surface area contributed by atoms with Gasteiger partial charge in [0.25, 0.3) is 0 Å². The van der Waals surface area contributed by atoms with Crippen LogP contribution in [0.15, 0.2) is 12.4 Å². The molecule has 2 aromatic rings. The Hall–Kier alpha value is -1.69. The number of nitrogens with zero attached hydrogens (tertiary/aromatic N) is 5. The average molecular weight is 226 g/mol. The Morgan fingerprint density at radius 3 is 2.40 bits per heavy atom. The molecule has 0 N–H and O–H groups in total. The lowest BCUT2D eigenvalue weighted by atomic mass is 10.5. The van der Waals surface area contributed by atoms with Crippen molar-refractivity contribution in [2.24, 2.45) is 0 Å². The molecule has 0 aromatic carbocycles. The summed E-state index contributed by atoms with van der Waals surface area (Å²) in [7, 11) is 1.51. The Bertz CT molecular complexity index is 447. The Balaban J connectivity index is 2.45. The molecule has 0 amide bonds. The number of aryl methyl sites for hydroxylation is 1. The second-order valence-corrected chi connectivity index (χ2v) is 3.12. The monoisotopic (exact) mass is 225 g/mol. The van der Waals surface area contributed by atoms with E-state index in [4.69, 9.17) is 16.3 Å². The molecular weight excluding hydrogens is 218 g/mol. The first-order chi connectivity index (χ1) is 7.22. The van der Waals surface area contributed by atoms with Crippen molar-refractivity contribution in [3.8, 4) is 11.7 Å². The van der Waals surface area contributed by atoms with Gasteiger partial charge in [-0.15, -0.1) is 10.2 Å². The quantitative estimate of drug-likeness (QED) is 0.764. The molecule has 2 rings (SSSR count). The molecule has 15 heavy (non-hydrogen) atoms. The topological polar surface area (TPSA) is 65.7 Å². The van der Waals surface area contributed by atoms with Crippen LogP contribution >= 0.6 is 11.6 Å². The van der Waals surface area contributed by atoms with Gasteiger partial charge in [0.15, 0.2) is 0 Å². The van der Waals surface area contributed by atoms with E-state index in [-0.39, 0.29) is 5.28 Å². The van der Waals surface area contributed by atoms with Crippen molar-refractivity contribution in [1.82, 2.24) is 24.7 Å². The molecule has 0 radical (unpaired) electrons. The molecule has 0 spiro atoms. The zero-order valence-corrected chi connectivity index (χ0v) is 8.93. The van der Waals surface area contributed by atoms with Crippen molar-refractivity contribution in [1.29, 1.82) is 0 Å². The summed E-state index contributed by atoms with van der Waals surface area (Å²) in [6.07, 6.45) is 3.18. The first kappa shape index (κ1) is 9.85. The molecule has 7 heteroatoms. The SMILES string of the molecule is COc1ncc(-n2c(C)nnc2Cl)cn1. The maximum atomic E-state index is 5.86. The number of rotatable bonds is 2. The van der Waals surface area contributed by atoms with E-state index in [0.29, 0.717) is 17.5 Å². The Morgan fingerprint density at radius 2 is 1.93 bits per heavy atom. The van der Waals surface area contributed by atoms with Gasteiger partial charge in [-0.1, -0.05) is 0 Å². The van der Waals surface area contributed by atoms with E-state index < -0.39 is 0 Å². The smallest absolute Gasteiger partial charge is 0.316 e. The molecule has 6 nitrogen and oxygen atoms in total. The van der Waals surface area contributed by atoms with Crippen LogP contribution in [-0.4, -0.2) is 31.8 Å². The fourth-order valence-electron chi connectivity index (χ4n) is 1.16. The van der Waals surface area contributed by atoms with Crippen LogP contribution in [0.5, 0.6) is 6.01 Å². The Kier molecular flexibility index (Phi) is 2.51. The summed E-state index contributed by atoms with van der Waals surface area (Å²) in [5.41, 5.74) is 0.698. The van der Waals surface area contributed by atoms with Crippen LogP contribution < -0.4 is 4.74 Å². The molecular formula is C8H8ClN5O. The summed E-state index contributed by atoms with van der Waals surface area (Å²) in [5.74, 6) is 0.675. The average Bonchev–Trinajstić information content (AvgIpc) is 2.59. The minimum Gasteiger partial charge on any atom is -0.467 e. The van der Waals surface area contributed by atoms with Gasteiger partial charge < -0.3 is 4.74 Å². The zero-order valence-electron chi connectivity index (χ0n) is 8.18. The van der Waals surface area contributed by atoms with Crippen molar-refractivity contribution in [3.63, 3.8) is 0 Å². The third-order valence-electron chi connectivity index (χ3n) is 1.84. The maximum absolute atomic E-state index is 5.86. The van der Waals surface area contributed by atoms with E-state index in [9.17, 15) is 0 Å². The Morgan fingerprint density at radius 1 is 1.27 bits per heavy atom. The molecule has 0 fully saturated rings. The summed E-state index contributed by atoms with van der Waals surface area (Å²) in [6, 6.07) is 0.306. The van der Waals surface area contributed by atoms with Gasteiger partial charge in [-0.25, -0.2) is 9.97 Å². The van der Waals surface area contributed by atoms with Crippen molar-refractivity contribution in [2.75, 3.05) is 7.11 Å². The second kappa shape index (κ2) is 3.82. The van der Waals surface area contributed by atoms with E-state index in [1.54, 1.807) is 23.9 Å². The van der Waals surface area contributed by atoms with E-state index in [0.717, 1.165) is 0 Å². The van der Waals surface area contributed by atoms with Gasteiger partial charge in [0.1, 0.15) is 5.82 Å². The maximum Gasteiger partial charge on any atom is 0.316 e. The first-order valence-electron chi connectivity index (χ1n) is 4.16. The van der Waals surface area contributed by atoms with E-state index in [2.05, 4.69) is 20.2 Å². The zero-order chi connectivity index (χ0) is 10.8. The van der Waals surface area contributed by atoms with Gasteiger partial charge in [-0.3, -0.25) is 4.57 Å². The molecule has 0 atom stereocenters. The molecule has 2 aromatic heterocycles. The summed E-state index contributed by atoms with van der Waals surface area (Å²) >= 11 is 5.86. The number of methoxy groups -OCH3 is 1. The lowest BCUT2D eigenvalue weighted by Crippen LogP contribution is -2.00. The van der Waals surface area contributed by atoms with Crippen LogP contribution in [0.2, 0.25) is 5.28 Å². The summed E-state index contributed by atoms with van der Waals surface area (Å²) in [5, 5.41) is 7.84. The van der Waals surface area contributed by atoms with Crippen molar-refractivity contribution >= 4 is 11.6 Å². The Labute approximate surface area is 90.9 Å². The van der Waals surface area contributed by atoms with Crippen LogP contribution in [0.1, 0.15) is 5.82 Å². The lowest BCUT2D eigenvalue weighted by molar-refractivity contribution is 0.379. The van der Waals surface area contributed by atoms with Crippen LogP contribution in [0.4, 0.5) is 0 Å². The fourth-order valence-corrected chi connectivity index (χ4v) is 1.42. The standard InChI is InChI=1S/C8H8ClN5O/c1-5-12-13-7(9)14(5)6-3-10-8(15-2)11-4-6/h3-4H,1-2H3. The summed E-state index contributed by atoms with van der Waals surface area (Å²) in [6.45, 7) is 1.79. The van der Waals surface area contributed by atoms with Gasteiger partial charge >= 0.3 is 6.01 Å². The molecule has 0 saturated carbocycles. The number of hydrogen-bond donors (Lipinski definition) is 0. The highest BCUT2D eigenvalue weighted by Crippen LogP contribution is 2.15. The normalized spacial score (nSPS) is 10.3. The highest BCUT2D eigenvalue weighted by molar-refractivity contribution is 6.28. The molecule has 2 heterocycles. The van der Waals surface area contributed by atoms with Gasteiger partial charge in [-0.05, 0) is 18.5 Å². The minimum atomic E-state index is 0.279. The number of aromatic nitrogens is 5. The molecule has 0 saturated heterocycles. The van der Waals surface area contributed by atoms with Crippen LogP contribution in [0.3, 0.4) is 0 Å². The van der Waals surface area contributed by atoms with E-state index in [1.807, 2.05) is 0 Å². The molecule has 0 aliphatic rings. The minimum absolute atomic E-state index is 0.279. The summed E-state index contributed by atoms with van der Waals surface area (Å²) < 4.78 is 6.49. The third kappa shape index (κ3) is 1.75. The fraction of sp³-hybridized carbons (Fsp3) is 0.250. The van der Waals surface area contributed by atoms with Crippen LogP contribution in [0.25, 0.3) is 5.69 Å². The number of halogens is 1. The molecule has 0 aliphatic heterocycles. The summed E-state index contributed by atoms with van der Waals surface area (Å²) in [4.78, 5) is 7.93. The highest BCUT2D eigenvalue weighted by Gasteiger charge is 2.09. The molecule has 0 bridgehead atoms. The molecule has 0 unspecified atom stereocenters. The largest absolute Gasteiger partial charge is 0.467 e. The molecule has 78 valence electrons. The number of ether oxygens (including phenoxy) is 1. The van der Waals surface area contributed by atoms with Gasteiger partial charge in [-0.2, -0.15) is 0 Å². The highest BCUT2D eigenvalue weighted by atomic mass is 35.5. The van der Waals surface area contributed by atoms with Crippen molar-refractivity contribution in [2.45, 2.75) is 6.92 Å². The van der Waals surface area contributed by atoms with Crippen molar-refractivity contribution < 1.29 is 4.74 Å². The predicted octanol–water partition coefficient (Wildman–Crippen LogP) is 1.03. The number of hydrogen-bond acceptors (Lipinski definition) is 5. The van der Waals surface area contributed by atoms with Gasteiger partial charge in [0, 0.05) is 0 Å². The third-order valence-corrected chi connectivity index (χ3v) is 2.09. The van der Waals surface area contributed by atoms with Crippen LogP contribution in [-0.2, 0) is 0 Å². The van der Waals surface area contributed by atoms with E-state index in [1.165, 1.54) is 7.11 Å². The first-order valence-corrected chi connectivity index (χ1v) is 4.54. The second-order valence-electron chi connectivity index (χ2n) is 2.78. The van der Waals surface area contributed by atoms with Crippen LogP contribution in [0, 0.1) is 6.92 Å². The van der Waals surface area contributed by atoms with Gasteiger partial charge in [0.2, 0.25) is 5.28 Å².